The summed E-state index contributed by atoms with van der Waals surface area (Å²) in [6, 6.07) is 14.1. The first-order valence-electron chi connectivity index (χ1n) is 8.71. The summed E-state index contributed by atoms with van der Waals surface area (Å²) in [6.45, 7) is 1.97. The summed E-state index contributed by atoms with van der Waals surface area (Å²) in [7, 11) is 3.64. The molecule has 0 saturated carbocycles. The van der Waals surface area contributed by atoms with Gasteiger partial charge in [0.25, 0.3) is 0 Å². The predicted molar refractivity (Wildman–Crippen MR) is 100 cm³/mol. The Morgan fingerprint density at radius 2 is 2.12 bits per heavy atom. The fourth-order valence-electron chi connectivity index (χ4n) is 3.33. The van der Waals surface area contributed by atoms with E-state index in [0.29, 0.717) is 12.5 Å². The van der Waals surface area contributed by atoms with Crippen molar-refractivity contribution in [2.45, 2.75) is 12.5 Å². The SMILES string of the molecule is COc1cccc(C2CN(C(=O)NCc3ccc4c(c3)ncn4C)C2)c1. The van der Waals surface area contributed by atoms with Crippen LogP contribution in [0.5, 0.6) is 5.75 Å². The van der Waals surface area contributed by atoms with Gasteiger partial charge in [-0.25, -0.2) is 9.78 Å². The third-order valence-electron chi connectivity index (χ3n) is 4.97. The van der Waals surface area contributed by atoms with Gasteiger partial charge in [-0.05, 0) is 35.4 Å². The number of likely N-dealkylation sites (tertiary alicyclic amines) is 1. The summed E-state index contributed by atoms with van der Waals surface area (Å²) in [5.74, 6) is 1.23. The van der Waals surface area contributed by atoms with Crippen LogP contribution < -0.4 is 10.1 Å². The summed E-state index contributed by atoms with van der Waals surface area (Å²) < 4.78 is 7.25. The van der Waals surface area contributed by atoms with Gasteiger partial charge >= 0.3 is 6.03 Å². The number of nitrogens with one attached hydrogen (secondary N) is 1. The highest BCUT2D eigenvalue weighted by molar-refractivity contribution is 5.77. The lowest BCUT2D eigenvalue weighted by Gasteiger charge is -2.39. The van der Waals surface area contributed by atoms with Crippen LogP contribution in [0.3, 0.4) is 0 Å². The molecule has 0 bridgehead atoms. The van der Waals surface area contributed by atoms with E-state index in [-0.39, 0.29) is 6.03 Å². The summed E-state index contributed by atoms with van der Waals surface area (Å²) in [6.07, 6.45) is 1.80. The summed E-state index contributed by atoms with van der Waals surface area (Å²) in [4.78, 5) is 18.5. The van der Waals surface area contributed by atoms with E-state index >= 15 is 0 Å². The number of hydrogen-bond acceptors (Lipinski definition) is 3. The van der Waals surface area contributed by atoms with E-state index in [1.165, 1.54) is 5.56 Å². The van der Waals surface area contributed by atoms with Crippen molar-refractivity contribution in [3.63, 3.8) is 0 Å². The average molecular weight is 350 g/mol. The number of amides is 2. The molecule has 1 saturated heterocycles. The Morgan fingerprint density at radius 1 is 1.27 bits per heavy atom. The van der Waals surface area contributed by atoms with E-state index in [2.05, 4.69) is 16.4 Å². The van der Waals surface area contributed by atoms with Crippen LogP contribution in [0, 0.1) is 0 Å². The molecule has 0 unspecified atom stereocenters. The zero-order valence-corrected chi connectivity index (χ0v) is 15.0. The first kappa shape index (κ1) is 16.4. The molecule has 0 aliphatic carbocycles. The number of aryl methyl sites for hydroxylation is 1. The second kappa shape index (κ2) is 6.71. The second-order valence-corrected chi connectivity index (χ2v) is 6.72. The Kier molecular flexibility index (Phi) is 4.24. The third-order valence-corrected chi connectivity index (χ3v) is 4.97. The number of nitrogens with zero attached hydrogens (tertiary/aromatic N) is 3. The molecule has 6 heteroatoms. The monoisotopic (exact) mass is 350 g/mol. The van der Waals surface area contributed by atoms with E-state index in [1.54, 1.807) is 13.4 Å². The maximum Gasteiger partial charge on any atom is 0.317 e. The molecule has 1 aromatic heterocycles. The molecule has 3 aromatic rings. The van der Waals surface area contributed by atoms with Crippen LogP contribution in [0.15, 0.2) is 48.8 Å². The molecule has 26 heavy (non-hydrogen) atoms. The van der Waals surface area contributed by atoms with Gasteiger partial charge in [0.05, 0.1) is 24.5 Å². The largest absolute Gasteiger partial charge is 0.497 e. The molecule has 2 amide bonds. The molecular weight excluding hydrogens is 328 g/mol. The molecular formula is C20H22N4O2. The van der Waals surface area contributed by atoms with Crippen LogP contribution in [0.2, 0.25) is 0 Å². The van der Waals surface area contributed by atoms with E-state index in [0.717, 1.165) is 35.4 Å². The number of urea groups is 1. The fraction of sp³-hybridized carbons (Fsp3) is 0.300. The van der Waals surface area contributed by atoms with E-state index in [9.17, 15) is 4.79 Å². The standard InChI is InChI=1S/C20H22N4O2/c1-23-13-22-18-8-14(6-7-19(18)23)10-21-20(25)24-11-16(12-24)15-4-3-5-17(9-15)26-2/h3-9,13,16H,10-12H2,1-2H3,(H,21,25). The zero-order chi connectivity index (χ0) is 18.1. The Bertz CT molecular complexity index is 944. The number of ether oxygens (including phenoxy) is 1. The van der Waals surface area contributed by atoms with Gasteiger partial charge in [-0.1, -0.05) is 18.2 Å². The zero-order valence-electron chi connectivity index (χ0n) is 15.0. The van der Waals surface area contributed by atoms with Crippen molar-refractivity contribution < 1.29 is 9.53 Å². The fourth-order valence-corrected chi connectivity index (χ4v) is 3.33. The smallest absolute Gasteiger partial charge is 0.317 e. The number of benzene rings is 2. The molecule has 1 aliphatic heterocycles. The molecule has 134 valence electrons. The van der Waals surface area contributed by atoms with Crippen molar-refractivity contribution in [1.82, 2.24) is 19.8 Å². The van der Waals surface area contributed by atoms with Crippen molar-refractivity contribution in [3.05, 3.63) is 59.9 Å². The number of carbonyl (C=O) groups is 1. The quantitative estimate of drug-likeness (QED) is 0.787. The van der Waals surface area contributed by atoms with E-state index < -0.39 is 0 Å². The molecule has 1 aliphatic rings. The van der Waals surface area contributed by atoms with Gasteiger partial charge < -0.3 is 19.5 Å². The minimum atomic E-state index is -0.0229. The van der Waals surface area contributed by atoms with Gasteiger partial charge in [-0.3, -0.25) is 0 Å². The molecule has 6 nitrogen and oxygen atoms in total. The van der Waals surface area contributed by atoms with Gasteiger partial charge in [0, 0.05) is 32.6 Å². The summed E-state index contributed by atoms with van der Waals surface area (Å²) in [5.41, 5.74) is 4.30. The second-order valence-electron chi connectivity index (χ2n) is 6.72. The number of imidazole rings is 1. The Labute approximate surface area is 152 Å². The lowest BCUT2D eigenvalue weighted by molar-refractivity contribution is 0.151. The third kappa shape index (κ3) is 3.10. The Morgan fingerprint density at radius 3 is 2.92 bits per heavy atom. The molecule has 0 atom stereocenters. The molecule has 4 rings (SSSR count). The van der Waals surface area contributed by atoms with Gasteiger partial charge in [-0.15, -0.1) is 0 Å². The van der Waals surface area contributed by atoms with E-state index in [1.807, 2.05) is 52.9 Å². The Hall–Kier alpha value is -3.02. The highest BCUT2D eigenvalue weighted by atomic mass is 16.5. The lowest BCUT2D eigenvalue weighted by Crippen LogP contribution is -2.52. The number of rotatable bonds is 4. The van der Waals surface area contributed by atoms with Crippen LogP contribution in [-0.2, 0) is 13.6 Å². The molecule has 0 radical (unpaired) electrons. The van der Waals surface area contributed by atoms with Crippen LogP contribution in [0.4, 0.5) is 4.79 Å². The van der Waals surface area contributed by atoms with Crippen molar-refractivity contribution >= 4 is 17.1 Å². The van der Waals surface area contributed by atoms with Crippen molar-refractivity contribution in [1.29, 1.82) is 0 Å². The maximum atomic E-state index is 12.3. The van der Waals surface area contributed by atoms with Crippen LogP contribution in [0.25, 0.3) is 11.0 Å². The highest BCUT2D eigenvalue weighted by Gasteiger charge is 2.31. The van der Waals surface area contributed by atoms with Crippen LogP contribution in [0.1, 0.15) is 17.0 Å². The normalized spacial score (nSPS) is 14.3. The van der Waals surface area contributed by atoms with E-state index in [4.69, 9.17) is 4.74 Å². The minimum absolute atomic E-state index is 0.0229. The predicted octanol–water partition coefficient (Wildman–Crippen LogP) is 2.89. The summed E-state index contributed by atoms with van der Waals surface area (Å²) >= 11 is 0. The highest BCUT2D eigenvalue weighted by Crippen LogP contribution is 2.29. The van der Waals surface area contributed by atoms with Crippen molar-refractivity contribution in [3.8, 4) is 5.75 Å². The number of fused-ring (bicyclic) bond motifs is 1. The van der Waals surface area contributed by atoms with Crippen molar-refractivity contribution in [2.24, 2.45) is 7.05 Å². The average Bonchev–Trinajstić information content (AvgIpc) is 2.99. The Balaban J connectivity index is 1.31. The number of hydrogen-bond donors (Lipinski definition) is 1. The van der Waals surface area contributed by atoms with Crippen molar-refractivity contribution in [2.75, 3.05) is 20.2 Å². The maximum absolute atomic E-state index is 12.3. The molecule has 2 aromatic carbocycles. The number of carbonyl (C=O) groups excluding carboxylic acids is 1. The first-order chi connectivity index (χ1) is 12.6. The van der Waals surface area contributed by atoms with Crippen LogP contribution in [-0.4, -0.2) is 40.7 Å². The number of methoxy groups -OCH3 is 1. The molecule has 1 N–H and O–H groups in total. The van der Waals surface area contributed by atoms with Crippen LogP contribution >= 0.6 is 0 Å². The van der Waals surface area contributed by atoms with Gasteiger partial charge in [0.2, 0.25) is 0 Å². The van der Waals surface area contributed by atoms with Gasteiger partial charge in [0.1, 0.15) is 5.75 Å². The molecule has 2 heterocycles. The minimum Gasteiger partial charge on any atom is -0.497 e. The topological polar surface area (TPSA) is 59.4 Å². The lowest BCUT2D eigenvalue weighted by atomic mass is 9.92. The summed E-state index contributed by atoms with van der Waals surface area (Å²) in [5, 5.41) is 2.99. The molecule has 0 spiro atoms. The van der Waals surface area contributed by atoms with Gasteiger partial charge in [-0.2, -0.15) is 0 Å². The number of aromatic nitrogens is 2. The van der Waals surface area contributed by atoms with Gasteiger partial charge in [0.15, 0.2) is 0 Å². The first-order valence-corrected chi connectivity index (χ1v) is 8.71. The molecule has 1 fully saturated rings.